The molecular formula is C30H51N11O9. The second-order valence-electron chi connectivity index (χ2n) is 11.6. The van der Waals surface area contributed by atoms with Crippen molar-refractivity contribution < 1.29 is 43.8 Å². The SMILES string of the molecule is CCCCNC(C)(O)C(=N)CCC(=O)NC/C=C/CC1NC(=O)CNC(=O)C(CCCN=C(N)N)NC(=O)CNC(=O)[C@@H](CC(=O)O)NC1=O. The van der Waals surface area contributed by atoms with Gasteiger partial charge in [-0.2, -0.15) is 0 Å². The minimum Gasteiger partial charge on any atom is -0.481 e. The van der Waals surface area contributed by atoms with Crippen molar-refractivity contribution in [3.05, 3.63) is 12.2 Å². The van der Waals surface area contributed by atoms with Gasteiger partial charge in [0.25, 0.3) is 0 Å². The molecule has 0 saturated carbocycles. The molecule has 1 fully saturated rings. The van der Waals surface area contributed by atoms with Crippen molar-refractivity contribution in [1.29, 1.82) is 5.41 Å². The van der Waals surface area contributed by atoms with E-state index in [1.807, 2.05) is 6.92 Å². The van der Waals surface area contributed by atoms with E-state index in [0.717, 1.165) is 12.8 Å². The third-order valence-corrected chi connectivity index (χ3v) is 7.25. The zero-order valence-electron chi connectivity index (χ0n) is 28.4. The molecule has 0 aliphatic carbocycles. The molecule has 20 heteroatoms. The van der Waals surface area contributed by atoms with Gasteiger partial charge < -0.3 is 59.0 Å². The number of hydrogen-bond acceptors (Lipinski definition) is 11. The van der Waals surface area contributed by atoms with Crippen LogP contribution in [0.15, 0.2) is 17.1 Å². The Morgan fingerprint density at radius 3 is 2.16 bits per heavy atom. The van der Waals surface area contributed by atoms with Gasteiger partial charge in [-0.05, 0) is 45.6 Å². The molecule has 0 radical (unpaired) electrons. The van der Waals surface area contributed by atoms with Gasteiger partial charge in [0.1, 0.15) is 18.1 Å². The molecule has 0 aromatic carbocycles. The van der Waals surface area contributed by atoms with Crippen molar-refractivity contribution in [3.8, 4) is 0 Å². The Labute approximate surface area is 289 Å². The van der Waals surface area contributed by atoms with E-state index in [4.69, 9.17) is 16.9 Å². The number of aliphatic hydroxyl groups is 1. The van der Waals surface area contributed by atoms with Crippen LogP contribution < -0.4 is 48.7 Å². The summed E-state index contributed by atoms with van der Waals surface area (Å²) in [5, 5.41) is 45.0. The van der Waals surface area contributed by atoms with Crippen LogP contribution in [0.2, 0.25) is 0 Å². The first-order valence-corrected chi connectivity index (χ1v) is 16.2. The van der Waals surface area contributed by atoms with Gasteiger partial charge in [-0.25, -0.2) is 0 Å². The van der Waals surface area contributed by atoms with Gasteiger partial charge in [0, 0.05) is 19.5 Å². The minimum atomic E-state index is -1.61. The van der Waals surface area contributed by atoms with Crippen LogP contribution in [0, 0.1) is 5.41 Å². The van der Waals surface area contributed by atoms with Crippen molar-refractivity contribution in [3.63, 3.8) is 0 Å². The minimum absolute atomic E-state index is 0.0144. The van der Waals surface area contributed by atoms with E-state index < -0.39 is 84.8 Å². The number of hydrogen-bond donors (Lipinski definition) is 12. The van der Waals surface area contributed by atoms with E-state index in [1.54, 1.807) is 0 Å². The van der Waals surface area contributed by atoms with E-state index in [9.17, 15) is 43.8 Å². The fraction of sp³-hybridized carbons (Fsp3) is 0.633. The summed E-state index contributed by atoms with van der Waals surface area (Å²) in [7, 11) is 0. The summed E-state index contributed by atoms with van der Waals surface area (Å²) >= 11 is 0. The lowest BCUT2D eigenvalue weighted by atomic mass is 10.0. The van der Waals surface area contributed by atoms with Crippen molar-refractivity contribution in [2.45, 2.75) is 89.1 Å². The summed E-state index contributed by atoms with van der Waals surface area (Å²) in [6.45, 7) is 2.90. The molecule has 1 heterocycles. The predicted octanol–water partition coefficient (Wildman–Crippen LogP) is -3.82. The van der Waals surface area contributed by atoms with Gasteiger partial charge in [-0.15, -0.1) is 0 Å². The molecule has 1 saturated heterocycles. The van der Waals surface area contributed by atoms with Crippen LogP contribution in [0.1, 0.15) is 65.2 Å². The number of aliphatic imine (C=N–C) groups is 1. The molecule has 3 unspecified atom stereocenters. The summed E-state index contributed by atoms with van der Waals surface area (Å²) in [5.41, 5.74) is 9.03. The second kappa shape index (κ2) is 22.5. The zero-order valence-corrected chi connectivity index (χ0v) is 28.4. The number of guanidine groups is 1. The zero-order chi connectivity index (χ0) is 37.7. The average Bonchev–Trinajstić information content (AvgIpc) is 3.04. The maximum Gasteiger partial charge on any atom is 0.305 e. The number of nitrogens with two attached hydrogens (primary N) is 2. The molecule has 50 heavy (non-hydrogen) atoms. The van der Waals surface area contributed by atoms with Gasteiger partial charge in [0.15, 0.2) is 11.7 Å². The van der Waals surface area contributed by atoms with E-state index in [1.165, 1.54) is 19.1 Å². The van der Waals surface area contributed by atoms with Crippen LogP contribution in [0.4, 0.5) is 0 Å². The Hall–Kier alpha value is -5.11. The van der Waals surface area contributed by atoms with Crippen molar-refractivity contribution >= 4 is 53.1 Å². The van der Waals surface area contributed by atoms with Crippen LogP contribution in [-0.4, -0.2) is 120 Å². The smallest absolute Gasteiger partial charge is 0.305 e. The van der Waals surface area contributed by atoms with Crippen LogP contribution >= 0.6 is 0 Å². The van der Waals surface area contributed by atoms with Crippen molar-refractivity contribution in [2.24, 2.45) is 16.5 Å². The molecule has 280 valence electrons. The van der Waals surface area contributed by atoms with Crippen LogP contribution in [0.5, 0.6) is 0 Å². The molecule has 0 spiro atoms. The number of aliphatic carboxylic acids is 1. The number of unbranched alkanes of at least 4 members (excludes halogenated alkanes) is 1. The third kappa shape index (κ3) is 17.9. The van der Waals surface area contributed by atoms with E-state index >= 15 is 0 Å². The first kappa shape index (κ1) is 42.9. The average molecular weight is 710 g/mol. The number of carboxylic acid groups (broad SMARTS) is 1. The summed E-state index contributed by atoms with van der Waals surface area (Å²) in [5.74, 6) is -6.23. The highest BCUT2D eigenvalue weighted by molar-refractivity contribution is 5.97. The molecule has 1 rings (SSSR count). The summed E-state index contributed by atoms with van der Waals surface area (Å²) in [4.78, 5) is 91.6. The Morgan fingerprint density at radius 1 is 0.940 bits per heavy atom. The standard InChI is InChI=1S/C30H51N11O9/c1-3-4-14-38-30(2,50)21(31)10-11-22(42)34-12-6-5-8-19-28(49)41-20(15-25(45)46)27(48)37-17-23(43)39-18(9-7-13-35-29(32)33)26(47)36-16-24(44)40-19/h5-6,18-20,31,38,50H,3-4,7-17H2,1-2H3,(H,34,42)(H,36,47)(H,37,48)(H,39,43)(H,40,44)(H,41,49)(H,45,46)(H4,32,33,35)/b6-5+,31-21?/t18?,19?,20-,30?/m1/s1. The number of carboxylic acids is 1. The maximum atomic E-state index is 13.2. The molecule has 4 atom stereocenters. The first-order valence-electron chi connectivity index (χ1n) is 16.2. The molecule has 0 aromatic heterocycles. The molecule has 20 nitrogen and oxygen atoms in total. The summed E-state index contributed by atoms with van der Waals surface area (Å²) < 4.78 is 0. The fourth-order valence-corrected chi connectivity index (χ4v) is 4.41. The Morgan fingerprint density at radius 2 is 1.56 bits per heavy atom. The van der Waals surface area contributed by atoms with Gasteiger partial charge in [-0.3, -0.25) is 43.9 Å². The number of nitrogens with one attached hydrogen (secondary N) is 8. The number of rotatable bonds is 18. The first-order chi connectivity index (χ1) is 23.5. The lowest BCUT2D eigenvalue weighted by Gasteiger charge is -2.25. The summed E-state index contributed by atoms with van der Waals surface area (Å²) in [6, 6.07) is -4.09. The Kier molecular flexibility index (Phi) is 19.3. The van der Waals surface area contributed by atoms with Crippen LogP contribution in [0.25, 0.3) is 0 Å². The van der Waals surface area contributed by atoms with Crippen molar-refractivity contribution in [1.82, 2.24) is 37.2 Å². The monoisotopic (exact) mass is 709 g/mol. The Bertz CT molecular complexity index is 1280. The lowest BCUT2D eigenvalue weighted by molar-refractivity contribution is -0.141. The van der Waals surface area contributed by atoms with Gasteiger partial charge in [0.05, 0.1) is 25.2 Å². The molecule has 0 aromatic rings. The quantitative estimate of drug-likeness (QED) is 0.0214. The van der Waals surface area contributed by atoms with Gasteiger partial charge in [-0.1, -0.05) is 25.5 Å². The normalized spacial score (nSPS) is 20.5. The summed E-state index contributed by atoms with van der Waals surface area (Å²) in [6.07, 6.45) is 3.98. The number of carbonyl (C=O) groups is 7. The number of amides is 6. The van der Waals surface area contributed by atoms with Gasteiger partial charge >= 0.3 is 5.97 Å². The molecule has 1 aliphatic rings. The maximum absolute atomic E-state index is 13.2. The largest absolute Gasteiger partial charge is 0.481 e. The predicted molar refractivity (Wildman–Crippen MR) is 181 cm³/mol. The fourth-order valence-electron chi connectivity index (χ4n) is 4.41. The molecule has 14 N–H and O–H groups in total. The molecule has 1 aliphatic heterocycles. The highest BCUT2D eigenvalue weighted by Gasteiger charge is 2.30. The highest BCUT2D eigenvalue weighted by atomic mass is 16.4. The number of carbonyl (C=O) groups excluding carboxylic acids is 6. The van der Waals surface area contributed by atoms with E-state index in [-0.39, 0.29) is 56.9 Å². The molecule has 0 bridgehead atoms. The highest BCUT2D eigenvalue weighted by Crippen LogP contribution is 2.07. The molecular weight excluding hydrogens is 658 g/mol. The second-order valence-corrected chi connectivity index (χ2v) is 11.6. The lowest BCUT2D eigenvalue weighted by Crippen LogP contribution is -2.55. The van der Waals surface area contributed by atoms with Crippen LogP contribution in [0.3, 0.4) is 0 Å². The number of nitrogens with zero attached hydrogens (tertiary/aromatic N) is 1. The third-order valence-electron chi connectivity index (χ3n) is 7.25. The molecule has 6 amide bonds. The van der Waals surface area contributed by atoms with E-state index in [2.05, 4.69) is 42.2 Å². The topological polar surface area (TPSA) is 332 Å². The Balaban J connectivity index is 2.95. The van der Waals surface area contributed by atoms with Crippen molar-refractivity contribution in [2.75, 3.05) is 32.7 Å². The van der Waals surface area contributed by atoms with Gasteiger partial charge in [0.2, 0.25) is 35.4 Å². The van der Waals surface area contributed by atoms with E-state index in [0.29, 0.717) is 6.54 Å². The van der Waals surface area contributed by atoms with Crippen LogP contribution in [-0.2, 0) is 33.6 Å².